The SMILES string of the molecule is C.C#Cc1cccc(OCC(F)(F)F)c1. The molecular formula is C11H11F3O. The van der Waals surface area contributed by atoms with E-state index in [2.05, 4.69) is 10.7 Å². The maximum atomic E-state index is 11.8. The summed E-state index contributed by atoms with van der Waals surface area (Å²) >= 11 is 0. The largest absolute Gasteiger partial charge is 0.484 e. The molecule has 0 N–H and O–H groups in total. The zero-order valence-electron chi connectivity index (χ0n) is 7.14. The van der Waals surface area contributed by atoms with Crippen molar-refractivity contribution in [3.63, 3.8) is 0 Å². The number of halogens is 3. The van der Waals surface area contributed by atoms with Crippen LogP contribution in [0, 0.1) is 12.3 Å². The minimum Gasteiger partial charge on any atom is -0.484 e. The van der Waals surface area contributed by atoms with Crippen LogP contribution in [0.15, 0.2) is 24.3 Å². The van der Waals surface area contributed by atoms with Gasteiger partial charge >= 0.3 is 6.18 Å². The molecule has 0 bridgehead atoms. The van der Waals surface area contributed by atoms with Gasteiger partial charge in [-0.1, -0.05) is 19.4 Å². The van der Waals surface area contributed by atoms with E-state index in [-0.39, 0.29) is 13.2 Å². The van der Waals surface area contributed by atoms with Crippen LogP contribution in [0.1, 0.15) is 13.0 Å². The molecule has 0 radical (unpaired) electrons. The normalized spacial score (nSPS) is 10.0. The summed E-state index contributed by atoms with van der Waals surface area (Å²) in [5, 5.41) is 0. The van der Waals surface area contributed by atoms with Crippen molar-refractivity contribution < 1.29 is 17.9 Å². The fourth-order valence-electron chi connectivity index (χ4n) is 0.841. The maximum Gasteiger partial charge on any atom is 0.422 e. The molecule has 0 heterocycles. The third-order valence-corrected chi connectivity index (χ3v) is 1.40. The van der Waals surface area contributed by atoms with Crippen LogP contribution in [-0.4, -0.2) is 12.8 Å². The van der Waals surface area contributed by atoms with E-state index in [1.165, 1.54) is 12.1 Å². The lowest BCUT2D eigenvalue weighted by Gasteiger charge is -2.08. The van der Waals surface area contributed by atoms with Crippen LogP contribution in [0.2, 0.25) is 0 Å². The molecule has 0 saturated heterocycles. The number of benzene rings is 1. The Kier molecular flexibility index (Phi) is 4.72. The molecule has 0 unspecified atom stereocenters. The zero-order valence-corrected chi connectivity index (χ0v) is 7.14. The molecule has 4 heteroatoms. The van der Waals surface area contributed by atoms with Gasteiger partial charge < -0.3 is 4.74 Å². The van der Waals surface area contributed by atoms with Gasteiger partial charge in [-0.2, -0.15) is 13.2 Å². The summed E-state index contributed by atoms with van der Waals surface area (Å²) in [5.74, 6) is 2.43. The molecule has 0 atom stereocenters. The Balaban J connectivity index is 0.00000196. The van der Waals surface area contributed by atoms with Crippen molar-refractivity contribution in [2.45, 2.75) is 13.6 Å². The molecule has 0 aliphatic rings. The highest BCUT2D eigenvalue weighted by molar-refractivity contribution is 5.38. The van der Waals surface area contributed by atoms with E-state index < -0.39 is 12.8 Å². The summed E-state index contributed by atoms with van der Waals surface area (Å²) in [7, 11) is 0. The van der Waals surface area contributed by atoms with E-state index in [1.54, 1.807) is 12.1 Å². The van der Waals surface area contributed by atoms with E-state index >= 15 is 0 Å². The van der Waals surface area contributed by atoms with Gasteiger partial charge in [-0.15, -0.1) is 6.42 Å². The first-order valence-corrected chi connectivity index (χ1v) is 3.77. The zero-order chi connectivity index (χ0) is 10.6. The highest BCUT2D eigenvalue weighted by Crippen LogP contribution is 2.18. The summed E-state index contributed by atoms with van der Waals surface area (Å²) in [6.45, 7) is -1.30. The molecular weight excluding hydrogens is 205 g/mol. The summed E-state index contributed by atoms with van der Waals surface area (Å²) in [5.41, 5.74) is 0.490. The van der Waals surface area contributed by atoms with Crippen molar-refractivity contribution in [3.8, 4) is 18.1 Å². The van der Waals surface area contributed by atoms with E-state index in [1.807, 2.05) is 0 Å². The van der Waals surface area contributed by atoms with Crippen molar-refractivity contribution >= 4 is 0 Å². The number of rotatable bonds is 2. The third kappa shape index (κ3) is 4.96. The lowest BCUT2D eigenvalue weighted by atomic mass is 10.2. The first-order valence-electron chi connectivity index (χ1n) is 3.77. The Morgan fingerprint density at radius 1 is 1.33 bits per heavy atom. The summed E-state index contributed by atoms with van der Waals surface area (Å²) in [6, 6.07) is 5.96. The van der Waals surface area contributed by atoms with Crippen molar-refractivity contribution in [1.29, 1.82) is 0 Å². The lowest BCUT2D eigenvalue weighted by Crippen LogP contribution is -2.19. The topological polar surface area (TPSA) is 9.23 Å². The molecule has 0 amide bonds. The van der Waals surface area contributed by atoms with Gasteiger partial charge in [0.05, 0.1) is 0 Å². The first-order chi connectivity index (χ1) is 6.51. The van der Waals surface area contributed by atoms with Crippen LogP contribution in [0.5, 0.6) is 5.75 Å². The van der Waals surface area contributed by atoms with Gasteiger partial charge in [-0.05, 0) is 18.2 Å². The number of terminal acetylenes is 1. The minimum atomic E-state index is -4.33. The van der Waals surface area contributed by atoms with Gasteiger partial charge in [-0.3, -0.25) is 0 Å². The molecule has 1 rings (SSSR count). The number of alkyl halides is 3. The van der Waals surface area contributed by atoms with E-state index in [0.717, 1.165) is 0 Å². The summed E-state index contributed by atoms with van der Waals surface area (Å²) in [4.78, 5) is 0. The van der Waals surface area contributed by atoms with Crippen LogP contribution in [0.4, 0.5) is 13.2 Å². The quantitative estimate of drug-likeness (QED) is 0.689. The highest BCUT2D eigenvalue weighted by Gasteiger charge is 2.28. The van der Waals surface area contributed by atoms with Gasteiger partial charge in [0.25, 0.3) is 0 Å². The molecule has 1 nitrogen and oxygen atoms in total. The van der Waals surface area contributed by atoms with Crippen LogP contribution in [0.3, 0.4) is 0 Å². The molecule has 0 fully saturated rings. The van der Waals surface area contributed by atoms with Crippen LogP contribution in [-0.2, 0) is 0 Å². The monoisotopic (exact) mass is 216 g/mol. The van der Waals surface area contributed by atoms with E-state index in [0.29, 0.717) is 5.56 Å². The van der Waals surface area contributed by atoms with Crippen molar-refractivity contribution in [3.05, 3.63) is 29.8 Å². The Labute approximate surface area is 86.9 Å². The van der Waals surface area contributed by atoms with E-state index in [4.69, 9.17) is 6.42 Å². The highest BCUT2D eigenvalue weighted by atomic mass is 19.4. The molecule has 0 saturated carbocycles. The van der Waals surface area contributed by atoms with Gasteiger partial charge in [0.2, 0.25) is 0 Å². The van der Waals surface area contributed by atoms with Crippen molar-refractivity contribution in [2.75, 3.05) is 6.61 Å². The van der Waals surface area contributed by atoms with Crippen molar-refractivity contribution in [2.24, 2.45) is 0 Å². The van der Waals surface area contributed by atoms with Gasteiger partial charge in [0.1, 0.15) is 5.75 Å². The van der Waals surface area contributed by atoms with E-state index in [9.17, 15) is 13.2 Å². The first kappa shape index (κ1) is 13.4. The van der Waals surface area contributed by atoms with Gasteiger partial charge in [0.15, 0.2) is 6.61 Å². The van der Waals surface area contributed by atoms with Crippen LogP contribution >= 0.6 is 0 Å². The number of hydrogen-bond acceptors (Lipinski definition) is 1. The second kappa shape index (κ2) is 5.30. The molecule has 0 aromatic heterocycles. The predicted octanol–water partition coefficient (Wildman–Crippen LogP) is 3.25. The average molecular weight is 216 g/mol. The maximum absolute atomic E-state index is 11.8. The predicted molar refractivity (Wildman–Crippen MR) is 52.7 cm³/mol. The molecule has 0 aliphatic heterocycles. The standard InChI is InChI=1S/C10H7F3O.CH4/c1-2-8-4-3-5-9(6-8)14-7-10(11,12)13;/h1,3-6H,7H2;1H4. The lowest BCUT2D eigenvalue weighted by molar-refractivity contribution is -0.153. The molecule has 82 valence electrons. The molecule has 0 spiro atoms. The average Bonchev–Trinajstić information content (AvgIpc) is 2.14. The molecule has 1 aromatic carbocycles. The van der Waals surface area contributed by atoms with Crippen LogP contribution < -0.4 is 4.74 Å². The second-order valence-corrected chi connectivity index (χ2v) is 2.58. The Morgan fingerprint density at radius 2 is 2.00 bits per heavy atom. The molecule has 15 heavy (non-hydrogen) atoms. The second-order valence-electron chi connectivity index (χ2n) is 2.58. The Bertz CT molecular complexity index is 350. The fraction of sp³-hybridized carbons (Fsp3) is 0.273. The smallest absolute Gasteiger partial charge is 0.422 e. The molecule has 1 aromatic rings. The minimum absolute atomic E-state index is 0. The fourth-order valence-corrected chi connectivity index (χ4v) is 0.841. The molecule has 0 aliphatic carbocycles. The summed E-state index contributed by atoms with van der Waals surface area (Å²) < 4.78 is 39.8. The van der Waals surface area contributed by atoms with Crippen molar-refractivity contribution in [1.82, 2.24) is 0 Å². The van der Waals surface area contributed by atoms with Gasteiger partial charge in [-0.25, -0.2) is 0 Å². The number of hydrogen-bond donors (Lipinski definition) is 0. The Hall–Kier alpha value is -1.63. The number of ether oxygens (including phenoxy) is 1. The Morgan fingerprint density at radius 3 is 2.53 bits per heavy atom. The summed E-state index contributed by atoms with van der Waals surface area (Å²) in [6.07, 6.45) is 0.746. The van der Waals surface area contributed by atoms with Crippen LogP contribution in [0.25, 0.3) is 0 Å². The third-order valence-electron chi connectivity index (χ3n) is 1.40. The van der Waals surface area contributed by atoms with Gasteiger partial charge in [0, 0.05) is 5.56 Å².